The largest absolute Gasteiger partial charge is 0.480 e. The van der Waals surface area contributed by atoms with Crippen LogP contribution in [0, 0.1) is 0 Å². The molecule has 94 valence electrons. The van der Waals surface area contributed by atoms with Crippen LogP contribution >= 0.6 is 0 Å². The number of amides is 1. The molecule has 18 heavy (non-hydrogen) atoms. The highest BCUT2D eigenvalue weighted by Crippen LogP contribution is 2.01. The number of nitrogens with one attached hydrogen (secondary N) is 2. The van der Waals surface area contributed by atoms with Crippen LogP contribution in [0.3, 0.4) is 0 Å². The summed E-state index contributed by atoms with van der Waals surface area (Å²) in [5.41, 5.74) is 0.482. The third-order valence-electron chi connectivity index (χ3n) is 1.94. The lowest BCUT2D eigenvalue weighted by molar-refractivity contribution is -0.137. The lowest BCUT2D eigenvalue weighted by Gasteiger charge is -2.04. The van der Waals surface area contributed by atoms with E-state index in [1.54, 1.807) is 12.1 Å². The van der Waals surface area contributed by atoms with E-state index >= 15 is 0 Å². The Kier molecular flexibility index (Phi) is 3.27. The number of hydrogen-bond donors (Lipinski definition) is 3. The fraction of sp³-hybridized carbons (Fsp3) is 0.250. The number of anilines is 1. The van der Waals surface area contributed by atoms with Gasteiger partial charge in [-0.1, -0.05) is 0 Å². The summed E-state index contributed by atoms with van der Waals surface area (Å²) in [7, 11) is 0. The first kappa shape index (κ1) is 11.7. The van der Waals surface area contributed by atoms with Crippen molar-refractivity contribution in [1.82, 2.24) is 30.6 Å². The van der Waals surface area contributed by atoms with Crippen molar-refractivity contribution < 1.29 is 14.7 Å². The average molecular weight is 251 g/mol. The molecule has 0 unspecified atom stereocenters. The van der Waals surface area contributed by atoms with E-state index in [2.05, 4.69) is 31.3 Å². The first-order valence-electron chi connectivity index (χ1n) is 4.93. The van der Waals surface area contributed by atoms with Gasteiger partial charge in [-0.15, -0.1) is 14.8 Å². The number of nitrogens with zero attached hydrogens (tertiary/aromatic N) is 5. The third kappa shape index (κ3) is 2.87. The van der Waals surface area contributed by atoms with E-state index < -0.39 is 18.4 Å². The van der Waals surface area contributed by atoms with Gasteiger partial charge >= 0.3 is 5.97 Å². The maximum absolute atomic E-state index is 11.2. The molecule has 0 aromatic carbocycles. The molecule has 2 rings (SSSR count). The van der Waals surface area contributed by atoms with Gasteiger partial charge in [-0.05, 0) is 22.6 Å². The number of carboxylic acid groups (broad SMARTS) is 1. The van der Waals surface area contributed by atoms with Crippen LogP contribution in [-0.2, 0) is 9.59 Å². The zero-order valence-electron chi connectivity index (χ0n) is 9.07. The Morgan fingerprint density at radius 2 is 2.17 bits per heavy atom. The van der Waals surface area contributed by atoms with E-state index in [9.17, 15) is 9.59 Å². The number of tetrazole rings is 1. The molecule has 0 radical (unpaired) electrons. The fourth-order valence-corrected chi connectivity index (χ4v) is 1.15. The minimum atomic E-state index is -1.10. The molecule has 0 saturated carbocycles. The van der Waals surface area contributed by atoms with Crippen LogP contribution in [0.15, 0.2) is 12.1 Å². The Morgan fingerprint density at radius 3 is 2.94 bits per heavy atom. The second-order valence-electron chi connectivity index (χ2n) is 3.27. The normalized spacial score (nSPS) is 10.2. The molecule has 0 aliphatic rings. The Bertz CT molecular complexity index is 581. The highest BCUT2D eigenvalue weighted by Gasteiger charge is 2.05. The SMILES string of the molecule is O=C(O)CNC(=O)CNc1ccc2nnnn2n1. The molecule has 10 nitrogen and oxygen atoms in total. The number of carbonyl (C=O) groups is 2. The molecule has 2 aromatic rings. The Balaban J connectivity index is 1.89. The van der Waals surface area contributed by atoms with Gasteiger partial charge in [-0.3, -0.25) is 9.59 Å². The number of fused-ring (bicyclic) bond motifs is 1. The number of carboxylic acids is 1. The second-order valence-corrected chi connectivity index (χ2v) is 3.27. The zero-order chi connectivity index (χ0) is 13.0. The maximum Gasteiger partial charge on any atom is 0.322 e. The molecule has 0 aliphatic carbocycles. The van der Waals surface area contributed by atoms with Crippen LogP contribution in [0.25, 0.3) is 5.65 Å². The van der Waals surface area contributed by atoms with Crippen LogP contribution in [-0.4, -0.2) is 55.3 Å². The highest BCUT2D eigenvalue weighted by molar-refractivity contribution is 5.84. The number of carbonyl (C=O) groups excluding carboxylic acids is 1. The fourth-order valence-electron chi connectivity index (χ4n) is 1.15. The molecule has 1 amide bonds. The van der Waals surface area contributed by atoms with Crippen LogP contribution in [0.2, 0.25) is 0 Å². The lowest BCUT2D eigenvalue weighted by Crippen LogP contribution is -2.34. The lowest BCUT2D eigenvalue weighted by atomic mass is 10.5. The molecule has 0 bridgehead atoms. The maximum atomic E-state index is 11.2. The van der Waals surface area contributed by atoms with E-state index in [1.807, 2.05) is 0 Å². The van der Waals surface area contributed by atoms with Crippen molar-refractivity contribution in [2.45, 2.75) is 0 Å². The topological polar surface area (TPSA) is 134 Å². The van der Waals surface area contributed by atoms with Gasteiger partial charge in [0.1, 0.15) is 12.4 Å². The van der Waals surface area contributed by atoms with Gasteiger partial charge in [0.15, 0.2) is 5.65 Å². The van der Waals surface area contributed by atoms with Crippen LogP contribution in [0.1, 0.15) is 0 Å². The average Bonchev–Trinajstić information content (AvgIpc) is 2.81. The summed E-state index contributed by atoms with van der Waals surface area (Å²) in [5.74, 6) is -1.15. The second kappa shape index (κ2) is 5.03. The third-order valence-corrected chi connectivity index (χ3v) is 1.94. The van der Waals surface area contributed by atoms with E-state index in [0.29, 0.717) is 11.5 Å². The molecule has 0 aliphatic heterocycles. The van der Waals surface area contributed by atoms with Gasteiger partial charge in [-0.25, -0.2) is 0 Å². The molecule has 2 aromatic heterocycles. The summed E-state index contributed by atoms with van der Waals surface area (Å²) in [6.07, 6.45) is 0. The quantitative estimate of drug-likeness (QED) is 0.562. The van der Waals surface area contributed by atoms with E-state index in [1.165, 1.54) is 4.63 Å². The molecular formula is C8H9N7O3. The molecule has 0 spiro atoms. The summed E-state index contributed by atoms with van der Waals surface area (Å²) >= 11 is 0. The van der Waals surface area contributed by atoms with Crippen molar-refractivity contribution >= 4 is 23.3 Å². The van der Waals surface area contributed by atoms with Crippen LogP contribution in [0.5, 0.6) is 0 Å². The highest BCUT2D eigenvalue weighted by atomic mass is 16.4. The minimum absolute atomic E-state index is 0.0894. The minimum Gasteiger partial charge on any atom is -0.480 e. The molecule has 10 heteroatoms. The summed E-state index contributed by atoms with van der Waals surface area (Å²) < 4.78 is 1.21. The number of aliphatic carboxylic acids is 1. The van der Waals surface area contributed by atoms with Gasteiger partial charge in [0.2, 0.25) is 5.91 Å². The van der Waals surface area contributed by atoms with Crippen LogP contribution in [0.4, 0.5) is 5.82 Å². The first-order chi connectivity index (χ1) is 8.65. The van der Waals surface area contributed by atoms with Gasteiger partial charge < -0.3 is 15.7 Å². The summed E-state index contributed by atoms with van der Waals surface area (Å²) in [4.78, 5) is 21.4. The van der Waals surface area contributed by atoms with Crippen molar-refractivity contribution in [1.29, 1.82) is 0 Å². The number of hydrogen-bond acceptors (Lipinski definition) is 7. The van der Waals surface area contributed by atoms with Crippen molar-refractivity contribution in [3.63, 3.8) is 0 Å². The van der Waals surface area contributed by atoms with Gasteiger partial charge in [0.25, 0.3) is 0 Å². The molecular weight excluding hydrogens is 242 g/mol. The van der Waals surface area contributed by atoms with E-state index in [0.717, 1.165) is 0 Å². The van der Waals surface area contributed by atoms with Gasteiger partial charge in [0, 0.05) is 0 Å². The smallest absolute Gasteiger partial charge is 0.322 e. The Hall–Kier alpha value is -2.78. The molecule has 0 saturated heterocycles. The van der Waals surface area contributed by atoms with Crippen molar-refractivity contribution in [2.24, 2.45) is 0 Å². The standard InChI is InChI=1S/C8H9N7O3/c16-7(10-4-8(17)18)3-9-5-1-2-6-11-13-14-15(6)12-5/h1-2H,3-4H2,(H,9,12)(H,10,16)(H,17,18). The summed E-state index contributed by atoms with van der Waals surface area (Å²) in [6, 6.07) is 3.24. The predicted molar refractivity (Wildman–Crippen MR) is 57.7 cm³/mol. The monoisotopic (exact) mass is 251 g/mol. The van der Waals surface area contributed by atoms with Gasteiger partial charge in [0.05, 0.1) is 6.54 Å². The Morgan fingerprint density at radius 1 is 1.33 bits per heavy atom. The first-order valence-corrected chi connectivity index (χ1v) is 4.93. The molecule has 2 heterocycles. The predicted octanol–water partition coefficient (Wildman–Crippen LogP) is -1.87. The number of aromatic nitrogens is 5. The Labute approximate surface area is 100.0 Å². The molecule has 0 fully saturated rings. The zero-order valence-corrected chi connectivity index (χ0v) is 9.07. The van der Waals surface area contributed by atoms with E-state index in [-0.39, 0.29) is 6.54 Å². The molecule has 0 atom stereocenters. The van der Waals surface area contributed by atoms with Crippen LogP contribution < -0.4 is 10.6 Å². The molecule has 3 N–H and O–H groups in total. The van der Waals surface area contributed by atoms with Crippen molar-refractivity contribution in [3.8, 4) is 0 Å². The summed E-state index contributed by atoms with van der Waals surface area (Å²) in [5, 5.41) is 27.9. The van der Waals surface area contributed by atoms with Gasteiger partial charge in [-0.2, -0.15) is 0 Å². The van der Waals surface area contributed by atoms with Crippen molar-refractivity contribution in [3.05, 3.63) is 12.1 Å². The summed E-state index contributed by atoms with van der Waals surface area (Å²) in [6.45, 7) is -0.506. The van der Waals surface area contributed by atoms with E-state index in [4.69, 9.17) is 5.11 Å². The van der Waals surface area contributed by atoms with Crippen molar-refractivity contribution in [2.75, 3.05) is 18.4 Å². The number of rotatable bonds is 5.